The van der Waals surface area contributed by atoms with Gasteiger partial charge in [-0.25, -0.2) is 0 Å². The lowest BCUT2D eigenvalue weighted by Crippen LogP contribution is -2.47. The van der Waals surface area contributed by atoms with Gasteiger partial charge in [0.1, 0.15) is 0 Å². The summed E-state index contributed by atoms with van der Waals surface area (Å²) in [5.74, 6) is 1.91. The Labute approximate surface area is 196 Å². The largest absolute Gasteiger partial charge is 0.348 e. The summed E-state index contributed by atoms with van der Waals surface area (Å²) in [7, 11) is 0. The number of aromatic nitrogens is 3. The van der Waals surface area contributed by atoms with Crippen LogP contribution in [0.25, 0.3) is 0 Å². The minimum atomic E-state index is 0.209. The van der Waals surface area contributed by atoms with E-state index in [2.05, 4.69) is 82.5 Å². The highest BCUT2D eigenvalue weighted by atomic mass is 16.5. The molecule has 1 aliphatic rings. The Morgan fingerprint density at radius 3 is 2.42 bits per heavy atom. The molecule has 3 heterocycles. The van der Waals surface area contributed by atoms with Crippen LogP contribution in [0.4, 0.5) is 0 Å². The number of rotatable bonds is 9. The molecule has 7 heteroatoms. The van der Waals surface area contributed by atoms with E-state index in [4.69, 9.17) is 4.52 Å². The molecular formula is C26H35N5O2. The monoisotopic (exact) mass is 449 g/mol. The first-order valence-electron chi connectivity index (χ1n) is 11.9. The molecule has 7 nitrogen and oxygen atoms in total. The van der Waals surface area contributed by atoms with Crippen molar-refractivity contribution in [3.05, 3.63) is 70.6 Å². The van der Waals surface area contributed by atoms with E-state index < -0.39 is 0 Å². The van der Waals surface area contributed by atoms with Gasteiger partial charge in [0.25, 0.3) is 0 Å². The Kier molecular flexibility index (Phi) is 7.40. The summed E-state index contributed by atoms with van der Waals surface area (Å²) in [6.45, 7) is 13.8. The number of Topliss-reactive ketones (excluding diaryl/α,β-unsaturated/α-hetero) is 1. The van der Waals surface area contributed by atoms with Crippen molar-refractivity contribution in [2.24, 2.45) is 0 Å². The van der Waals surface area contributed by atoms with Crippen molar-refractivity contribution in [2.75, 3.05) is 32.7 Å². The molecule has 0 N–H and O–H groups in total. The first kappa shape index (κ1) is 23.4. The molecule has 0 spiro atoms. The third-order valence-electron chi connectivity index (χ3n) is 6.53. The maximum Gasteiger partial charge on any atom is 0.240 e. The lowest BCUT2D eigenvalue weighted by Gasteiger charge is -2.33. The fourth-order valence-electron chi connectivity index (χ4n) is 4.46. The van der Waals surface area contributed by atoms with Crippen LogP contribution in [-0.4, -0.2) is 63.0 Å². The minimum absolute atomic E-state index is 0.209. The highest BCUT2D eigenvalue weighted by Crippen LogP contribution is 2.18. The van der Waals surface area contributed by atoms with E-state index in [-0.39, 0.29) is 11.7 Å². The molecule has 0 aliphatic carbocycles. The van der Waals surface area contributed by atoms with Crippen LogP contribution >= 0.6 is 0 Å². The lowest BCUT2D eigenvalue weighted by molar-refractivity contribution is 0.0826. The number of nitrogens with zero attached hydrogens (tertiary/aromatic N) is 5. The van der Waals surface area contributed by atoms with Crippen LogP contribution in [0, 0.1) is 13.8 Å². The fourth-order valence-corrected chi connectivity index (χ4v) is 4.46. The lowest BCUT2D eigenvalue weighted by atomic mass is 10.1. The number of hydrogen-bond donors (Lipinski definition) is 0. The highest BCUT2D eigenvalue weighted by Gasteiger charge is 2.23. The Bertz CT molecular complexity index is 1060. The van der Waals surface area contributed by atoms with Crippen LogP contribution in [0.2, 0.25) is 0 Å². The average molecular weight is 450 g/mol. The second-order valence-electron chi connectivity index (χ2n) is 9.35. The van der Waals surface area contributed by atoms with Gasteiger partial charge in [0.05, 0.1) is 13.1 Å². The summed E-state index contributed by atoms with van der Waals surface area (Å²) in [5, 5.41) is 4.05. The number of piperazine rings is 1. The molecule has 176 valence electrons. The molecule has 1 saturated heterocycles. The van der Waals surface area contributed by atoms with E-state index >= 15 is 0 Å². The van der Waals surface area contributed by atoms with Crippen molar-refractivity contribution < 1.29 is 9.32 Å². The van der Waals surface area contributed by atoms with Gasteiger partial charge in [-0.15, -0.1) is 0 Å². The predicted octanol–water partition coefficient (Wildman–Crippen LogP) is 3.85. The molecule has 33 heavy (non-hydrogen) atoms. The minimum Gasteiger partial charge on any atom is -0.348 e. The van der Waals surface area contributed by atoms with Crippen LogP contribution in [-0.2, 0) is 19.5 Å². The fraction of sp³-hybridized carbons (Fsp3) is 0.500. The van der Waals surface area contributed by atoms with Gasteiger partial charge in [0, 0.05) is 55.6 Å². The molecule has 0 radical (unpaired) electrons. The standard InChI is InChI=1S/C26H35N5O2/c1-19(2)26-27-25(33-28-26)18-30-14-12-29(13-15-30)17-24(32)23-16-20(3)31(21(23)4)11-10-22-8-6-5-7-9-22/h5-9,16,19H,10-15,17-18H2,1-4H3. The Morgan fingerprint density at radius 1 is 1.06 bits per heavy atom. The summed E-state index contributed by atoms with van der Waals surface area (Å²) in [6, 6.07) is 12.6. The van der Waals surface area contributed by atoms with Crippen LogP contribution in [0.5, 0.6) is 0 Å². The first-order chi connectivity index (χ1) is 15.9. The molecule has 0 unspecified atom stereocenters. The molecule has 1 fully saturated rings. The molecule has 0 bridgehead atoms. The number of hydrogen-bond acceptors (Lipinski definition) is 6. The van der Waals surface area contributed by atoms with Crippen molar-refractivity contribution >= 4 is 5.78 Å². The van der Waals surface area contributed by atoms with Gasteiger partial charge in [-0.2, -0.15) is 4.98 Å². The van der Waals surface area contributed by atoms with Crippen molar-refractivity contribution in [3.8, 4) is 0 Å². The van der Waals surface area contributed by atoms with Gasteiger partial charge in [-0.3, -0.25) is 14.6 Å². The summed E-state index contributed by atoms with van der Waals surface area (Å²) in [6.07, 6.45) is 0.964. The summed E-state index contributed by atoms with van der Waals surface area (Å²) >= 11 is 0. The van der Waals surface area contributed by atoms with E-state index in [1.165, 1.54) is 5.56 Å². The maximum atomic E-state index is 13.1. The summed E-state index contributed by atoms with van der Waals surface area (Å²) in [4.78, 5) is 22.2. The van der Waals surface area contributed by atoms with E-state index in [1.54, 1.807) is 0 Å². The molecule has 2 aromatic heterocycles. The SMILES string of the molecule is Cc1cc(C(=O)CN2CCN(Cc3nc(C(C)C)no3)CC2)c(C)n1CCc1ccccc1. The normalized spacial score (nSPS) is 15.4. The third-order valence-corrected chi connectivity index (χ3v) is 6.53. The quantitative estimate of drug-likeness (QED) is 0.462. The van der Waals surface area contributed by atoms with Crippen LogP contribution in [0.15, 0.2) is 40.9 Å². The number of aryl methyl sites for hydroxylation is 2. The van der Waals surface area contributed by atoms with Gasteiger partial charge in [-0.05, 0) is 31.9 Å². The van der Waals surface area contributed by atoms with Crippen molar-refractivity contribution in [1.29, 1.82) is 0 Å². The van der Waals surface area contributed by atoms with E-state index in [1.807, 2.05) is 6.07 Å². The molecule has 0 amide bonds. The molecule has 3 aromatic rings. The summed E-state index contributed by atoms with van der Waals surface area (Å²) in [5.41, 5.74) is 4.40. The average Bonchev–Trinajstić information content (AvgIpc) is 3.39. The Morgan fingerprint density at radius 2 is 1.76 bits per heavy atom. The van der Waals surface area contributed by atoms with Gasteiger partial charge in [0.2, 0.25) is 5.89 Å². The van der Waals surface area contributed by atoms with Gasteiger partial charge >= 0.3 is 0 Å². The number of carbonyl (C=O) groups excluding carboxylic acids is 1. The second-order valence-corrected chi connectivity index (χ2v) is 9.35. The number of ketones is 1. The third kappa shape index (κ3) is 5.78. The molecule has 0 atom stereocenters. The second kappa shape index (κ2) is 10.4. The van der Waals surface area contributed by atoms with Crippen molar-refractivity contribution in [2.45, 2.75) is 53.1 Å². The number of carbonyl (C=O) groups is 1. The zero-order chi connectivity index (χ0) is 23.4. The predicted molar refractivity (Wildman–Crippen MR) is 128 cm³/mol. The Hall–Kier alpha value is -2.77. The smallest absolute Gasteiger partial charge is 0.240 e. The van der Waals surface area contributed by atoms with Crippen LogP contribution in [0.3, 0.4) is 0 Å². The maximum absolute atomic E-state index is 13.1. The highest BCUT2D eigenvalue weighted by molar-refractivity contribution is 5.99. The Balaban J connectivity index is 1.29. The van der Waals surface area contributed by atoms with Gasteiger partial charge in [-0.1, -0.05) is 49.3 Å². The zero-order valence-electron chi connectivity index (χ0n) is 20.3. The molecule has 0 saturated carbocycles. The number of benzene rings is 1. The molecule has 4 rings (SSSR count). The van der Waals surface area contributed by atoms with Crippen molar-refractivity contribution in [3.63, 3.8) is 0 Å². The van der Waals surface area contributed by atoms with Crippen molar-refractivity contribution in [1.82, 2.24) is 24.5 Å². The van der Waals surface area contributed by atoms with Crippen LogP contribution < -0.4 is 0 Å². The van der Waals surface area contributed by atoms with E-state index in [0.29, 0.717) is 19.0 Å². The first-order valence-corrected chi connectivity index (χ1v) is 11.9. The van der Waals surface area contributed by atoms with Gasteiger partial charge in [0.15, 0.2) is 11.6 Å². The zero-order valence-corrected chi connectivity index (χ0v) is 20.3. The topological polar surface area (TPSA) is 67.4 Å². The van der Waals surface area contributed by atoms with Crippen LogP contribution in [0.1, 0.15) is 58.8 Å². The summed E-state index contributed by atoms with van der Waals surface area (Å²) < 4.78 is 7.65. The van der Waals surface area contributed by atoms with Gasteiger partial charge < -0.3 is 9.09 Å². The molecule has 1 aromatic carbocycles. The van der Waals surface area contributed by atoms with E-state index in [0.717, 1.165) is 61.9 Å². The molecular weight excluding hydrogens is 414 g/mol. The van der Waals surface area contributed by atoms with E-state index in [9.17, 15) is 4.79 Å². The molecule has 1 aliphatic heterocycles.